The van der Waals surface area contributed by atoms with Crippen molar-refractivity contribution in [3.05, 3.63) is 17.5 Å². The van der Waals surface area contributed by atoms with Gasteiger partial charge in [0.25, 0.3) is 0 Å². The number of likely N-dealkylation sites (N-methyl/N-ethyl adjacent to an activating group) is 1. The lowest BCUT2D eigenvalue weighted by molar-refractivity contribution is -0.130. The highest BCUT2D eigenvalue weighted by atomic mass is 16.2. The Kier molecular flexibility index (Phi) is 3.85. The van der Waals surface area contributed by atoms with Crippen LogP contribution in [0.15, 0.2) is 6.20 Å². The van der Waals surface area contributed by atoms with Crippen LogP contribution >= 0.6 is 0 Å². The van der Waals surface area contributed by atoms with Crippen molar-refractivity contribution in [1.29, 1.82) is 0 Å². The minimum absolute atomic E-state index is 0.0798. The third-order valence-corrected chi connectivity index (χ3v) is 2.34. The predicted molar refractivity (Wildman–Crippen MR) is 58.3 cm³/mol. The smallest absolute Gasteiger partial charge is 0.238 e. The van der Waals surface area contributed by atoms with Crippen LogP contribution in [0.25, 0.3) is 0 Å². The fourth-order valence-corrected chi connectivity index (χ4v) is 1.29. The van der Waals surface area contributed by atoms with Crippen molar-refractivity contribution >= 4 is 5.91 Å². The molecule has 0 saturated carbocycles. The standard InChI is InChI=1S/C10H18N4O/c1-7-9(6-12-13-7)5-11-8(2)10(15)14(3)4/h6,8,11H,5H2,1-4H3,(H,12,13). The number of aryl methyl sites for hydroxylation is 1. The van der Waals surface area contributed by atoms with Gasteiger partial charge in [-0.25, -0.2) is 0 Å². The van der Waals surface area contributed by atoms with Gasteiger partial charge in [-0.05, 0) is 13.8 Å². The fraction of sp³-hybridized carbons (Fsp3) is 0.600. The van der Waals surface area contributed by atoms with Gasteiger partial charge >= 0.3 is 0 Å². The van der Waals surface area contributed by atoms with Crippen molar-refractivity contribution in [3.8, 4) is 0 Å². The Morgan fingerprint density at radius 3 is 2.80 bits per heavy atom. The summed E-state index contributed by atoms with van der Waals surface area (Å²) >= 11 is 0. The average Bonchev–Trinajstić information content (AvgIpc) is 2.59. The molecule has 84 valence electrons. The van der Waals surface area contributed by atoms with Gasteiger partial charge in [-0.2, -0.15) is 5.10 Å². The Labute approximate surface area is 89.9 Å². The molecule has 0 radical (unpaired) electrons. The molecule has 1 rings (SSSR count). The highest BCUT2D eigenvalue weighted by molar-refractivity contribution is 5.80. The SMILES string of the molecule is Cc1[nH]ncc1CNC(C)C(=O)N(C)C. The second-order valence-corrected chi connectivity index (χ2v) is 3.86. The van der Waals surface area contributed by atoms with Crippen LogP contribution in [0.4, 0.5) is 0 Å². The number of hydrogen-bond donors (Lipinski definition) is 2. The number of nitrogens with zero attached hydrogens (tertiary/aromatic N) is 2. The first-order valence-electron chi connectivity index (χ1n) is 4.95. The second-order valence-electron chi connectivity index (χ2n) is 3.86. The Morgan fingerprint density at radius 1 is 1.67 bits per heavy atom. The number of nitrogens with one attached hydrogen (secondary N) is 2. The largest absolute Gasteiger partial charge is 0.347 e. The van der Waals surface area contributed by atoms with Crippen LogP contribution in [0.5, 0.6) is 0 Å². The van der Waals surface area contributed by atoms with Gasteiger partial charge in [0.1, 0.15) is 0 Å². The van der Waals surface area contributed by atoms with E-state index in [0.717, 1.165) is 11.3 Å². The number of hydrogen-bond acceptors (Lipinski definition) is 3. The van der Waals surface area contributed by atoms with E-state index < -0.39 is 0 Å². The molecule has 1 heterocycles. The van der Waals surface area contributed by atoms with E-state index in [1.807, 2.05) is 13.8 Å². The number of amides is 1. The van der Waals surface area contributed by atoms with Gasteiger partial charge in [0.15, 0.2) is 0 Å². The van der Waals surface area contributed by atoms with E-state index in [1.165, 1.54) is 0 Å². The van der Waals surface area contributed by atoms with Crippen LogP contribution in [-0.2, 0) is 11.3 Å². The maximum Gasteiger partial charge on any atom is 0.238 e. The summed E-state index contributed by atoms with van der Waals surface area (Å²) in [5, 5.41) is 9.93. The summed E-state index contributed by atoms with van der Waals surface area (Å²) in [7, 11) is 3.51. The molecule has 2 N–H and O–H groups in total. The van der Waals surface area contributed by atoms with E-state index in [0.29, 0.717) is 6.54 Å². The molecule has 5 nitrogen and oxygen atoms in total. The topological polar surface area (TPSA) is 61.0 Å². The summed E-state index contributed by atoms with van der Waals surface area (Å²) in [5.74, 6) is 0.0798. The van der Waals surface area contributed by atoms with Gasteiger partial charge in [0, 0.05) is 31.9 Å². The van der Waals surface area contributed by atoms with Crippen LogP contribution in [0.2, 0.25) is 0 Å². The lowest BCUT2D eigenvalue weighted by Crippen LogP contribution is -2.41. The summed E-state index contributed by atoms with van der Waals surface area (Å²) in [5.41, 5.74) is 2.13. The first kappa shape index (κ1) is 11.7. The van der Waals surface area contributed by atoms with Crippen molar-refractivity contribution in [3.63, 3.8) is 0 Å². The van der Waals surface area contributed by atoms with Crippen molar-refractivity contribution < 1.29 is 4.79 Å². The van der Waals surface area contributed by atoms with Gasteiger partial charge in [-0.15, -0.1) is 0 Å². The van der Waals surface area contributed by atoms with Crippen LogP contribution in [0, 0.1) is 6.92 Å². The normalized spacial score (nSPS) is 12.5. The van der Waals surface area contributed by atoms with Crippen molar-refractivity contribution in [2.75, 3.05) is 14.1 Å². The van der Waals surface area contributed by atoms with E-state index in [-0.39, 0.29) is 11.9 Å². The Hall–Kier alpha value is -1.36. The number of carbonyl (C=O) groups excluding carboxylic acids is 1. The molecule has 1 amide bonds. The highest BCUT2D eigenvalue weighted by Crippen LogP contribution is 2.02. The zero-order valence-electron chi connectivity index (χ0n) is 9.66. The number of rotatable bonds is 4. The first-order chi connectivity index (χ1) is 7.02. The Bertz CT molecular complexity index is 332. The molecule has 0 aliphatic rings. The zero-order valence-corrected chi connectivity index (χ0v) is 9.66. The van der Waals surface area contributed by atoms with Crippen LogP contribution in [0.1, 0.15) is 18.2 Å². The van der Waals surface area contributed by atoms with E-state index >= 15 is 0 Å². The van der Waals surface area contributed by atoms with E-state index in [2.05, 4.69) is 15.5 Å². The molecule has 0 saturated heterocycles. The molecular formula is C10H18N4O. The van der Waals surface area contributed by atoms with Gasteiger partial charge in [0.2, 0.25) is 5.91 Å². The first-order valence-corrected chi connectivity index (χ1v) is 4.95. The summed E-state index contributed by atoms with van der Waals surface area (Å²) in [4.78, 5) is 13.1. The number of aromatic nitrogens is 2. The number of H-pyrrole nitrogens is 1. The van der Waals surface area contributed by atoms with E-state index in [9.17, 15) is 4.79 Å². The molecule has 0 fully saturated rings. The molecule has 0 aromatic carbocycles. The monoisotopic (exact) mass is 210 g/mol. The third kappa shape index (κ3) is 3.06. The number of aromatic amines is 1. The van der Waals surface area contributed by atoms with Crippen molar-refractivity contribution in [2.24, 2.45) is 0 Å². The summed E-state index contributed by atoms with van der Waals surface area (Å²) in [6.07, 6.45) is 1.77. The quantitative estimate of drug-likeness (QED) is 0.750. The fourth-order valence-electron chi connectivity index (χ4n) is 1.29. The maximum atomic E-state index is 11.5. The molecule has 1 aromatic heterocycles. The molecule has 15 heavy (non-hydrogen) atoms. The molecule has 0 aliphatic carbocycles. The lowest BCUT2D eigenvalue weighted by atomic mass is 10.2. The van der Waals surface area contributed by atoms with Crippen molar-refractivity contribution in [2.45, 2.75) is 26.4 Å². The number of carbonyl (C=O) groups is 1. The molecule has 5 heteroatoms. The molecular weight excluding hydrogens is 192 g/mol. The Balaban J connectivity index is 2.44. The minimum atomic E-state index is -0.172. The van der Waals surface area contributed by atoms with E-state index in [4.69, 9.17) is 0 Å². The zero-order chi connectivity index (χ0) is 11.4. The Morgan fingerprint density at radius 2 is 2.33 bits per heavy atom. The van der Waals surface area contributed by atoms with Crippen LogP contribution in [-0.4, -0.2) is 41.1 Å². The highest BCUT2D eigenvalue weighted by Gasteiger charge is 2.14. The minimum Gasteiger partial charge on any atom is -0.347 e. The van der Waals surface area contributed by atoms with Crippen LogP contribution < -0.4 is 5.32 Å². The van der Waals surface area contributed by atoms with E-state index in [1.54, 1.807) is 25.2 Å². The molecule has 0 bridgehead atoms. The average molecular weight is 210 g/mol. The molecule has 1 atom stereocenters. The summed E-state index contributed by atoms with van der Waals surface area (Å²) in [6, 6.07) is -0.172. The molecule has 1 unspecified atom stereocenters. The van der Waals surface area contributed by atoms with Crippen molar-refractivity contribution in [1.82, 2.24) is 20.4 Å². The lowest BCUT2D eigenvalue weighted by Gasteiger charge is -2.17. The maximum absolute atomic E-state index is 11.5. The van der Waals surface area contributed by atoms with Gasteiger partial charge in [-0.3, -0.25) is 9.89 Å². The molecule has 0 aliphatic heterocycles. The summed E-state index contributed by atoms with van der Waals surface area (Å²) in [6.45, 7) is 4.48. The second kappa shape index (κ2) is 4.93. The van der Waals surface area contributed by atoms with Gasteiger partial charge < -0.3 is 10.2 Å². The van der Waals surface area contributed by atoms with Gasteiger partial charge in [-0.1, -0.05) is 0 Å². The molecule has 0 spiro atoms. The predicted octanol–water partition coefficient (Wildman–Crippen LogP) is 0.284. The summed E-state index contributed by atoms with van der Waals surface area (Å²) < 4.78 is 0. The van der Waals surface area contributed by atoms with Gasteiger partial charge in [0.05, 0.1) is 12.2 Å². The van der Waals surface area contributed by atoms with Crippen LogP contribution in [0.3, 0.4) is 0 Å². The third-order valence-electron chi connectivity index (χ3n) is 2.34. The molecule has 1 aromatic rings.